The lowest BCUT2D eigenvalue weighted by atomic mass is 10.2. The van der Waals surface area contributed by atoms with Gasteiger partial charge >= 0.3 is 0 Å². The predicted octanol–water partition coefficient (Wildman–Crippen LogP) is 4.06. The smallest absolute Gasteiger partial charge is 0.246 e. The van der Waals surface area contributed by atoms with Crippen molar-refractivity contribution in [1.29, 1.82) is 0 Å². The van der Waals surface area contributed by atoms with Gasteiger partial charge in [0.1, 0.15) is 17.7 Å². The molecule has 0 saturated heterocycles. The Hall–Kier alpha value is -2.14. The zero-order chi connectivity index (χ0) is 15.4. The fraction of sp³-hybridized carbons (Fsp3) is 0.133. The fourth-order valence-electron chi connectivity index (χ4n) is 1.71. The second kappa shape index (κ2) is 6.54. The molecule has 1 atom stereocenters. The number of anilines is 2. The highest BCUT2D eigenvalue weighted by Gasteiger charge is 2.15. The van der Waals surface area contributed by atoms with Gasteiger partial charge in [-0.2, -0.15) is 0 Å². The lowest BCUT2D eigenvalue weighted by Gasteiger charge is -2.15. The monoisotopic (exact) mass is 310 g/mol. The van der Waals surface area contributed by atoms with Gasteiger partial charge in [0.25, 0.3) is 0 Å². The molecule has 0 unspecified atom stereocenters. The van der Waals surface area contributed by atoms with Crippen molar-refractivity contribution in [3.05, 3.63) is 59.1 Å². The van der Waals surface area contributed by atoms with Crippen molar-refractivity contribution >= 4 is 28.9 Å². The van der Waals surface area contributed by atoms with Crippen molar-refractivity contribution in [3.63, 3.8) is 0 Å². The first-order chi connectivity index (χ1) is 9.97. The Kier molecular flexibility index (Phi) is 4.75. The van der Waals surface area contributed by atoms with E-state index in [0.29, 0.717) is 5.69 Å². The van der Waals surface area contributed by atoms with Crippen molar-refractivity contribution in [3.8, 4) is 0 Å². The van der Waals surface area contributed by atoms with Crippen LogP contribution in [-0.2, 0) is 4.79 Å². The van der Waals surface area contributed by atoms with Gasteiger partial charge in [-0.1, -0.05) is 23.7 Å². The molecule has 0 saturated carbocycles. The first-order valence-corrected chi connectivity index (χ1v) is 6.62. The minimum Gasteiger partial charge on any atom is -0.374 e. The molecule has 0 aliphatic carbocycles. The number of rotatable bonds is 4. The van der Waals surface area contributed by atoms with Crippen molar-refractivity contribution in [2.75, 3.05) is 10.6 Å². The summed E-state index contributed by atoms with van der Waals surface area (Å²) in [5.41, 5.74) is 0.603. The molecule has 2 rings (SSSR count). The van der Waals surface area contributed by atoms with Gasteiger partial charge in [-0.3, -0.25) is 4.79 Å². The average molecular weight is 311 g/mol. The van der Waals surface area contributed by atoms with Gasteiger partial charge in [-0.25, -0.2) is 8.78 Å². The molecule has 0 aliphatic rings. The largest absolute Gasteiger partial charge is 0.374 e. The van der Waals surface area contributed by atoms with E-state index in [0.717, 1.165) is 0 Å². The SMILES string of the molecule is C[C@@H](Nc1ccc(F)c(Cl)c1)C(=O)Nc1ccccc1F. The lowest BCUT2D eigenvalue weighted by Crippen LogP contribution is -2.32. The van der Waals surface area contributed by atoms with Crippen molar-refractivity contribution in [1.82, 2.24) is 0 Å². The van der Waals surface area contributed by atoms with Crippen LogP contribution in [0.3, 0.4) is 0 Å². The molecule has 2 aromatic carbocycles. The molecule has 3 nitrogen and oxygen atoms in total. The highest BCUT2D eigenvalue weighted by atomic mass is 35.5. The number of hydrogen-bond donors (Lipinski definition) is 2. The van der Waals surface area contributed by atoms with E-state index >= 15 is 0 Å². The molecule has 1 amide bonds. The number of para-hydroxylation sites is 1. The van der Waals surface area contributed by atoms with Gasteiger partial charge in [0.2, 0.25) is 5.91 Å². The van der Waals surface area contributed by atoms with Crippen LogP contribution in [-0.4, -0.2) is 11.9 Å². The highest BCUT2D eigenvalue weighted by molar-refractivity contribution is 6.31. The van der Waals surface area contributed by atoms with Crippen LogP contribution in [0.5, 0.6) is 0 Å². The minimum atomic E-state index is -0.647. The van der Waals surface area contributed by atoms with E-state index in [9.17, 15) is 13.6 Å². The van der Waals surface area contributed by atoms with Gasteiger partial charge in [-0.15, -0.1) is 0 Å². The van der Waals surface area contributed by atoms with Gasteiger partial charge in [-0.05, 0) is 37.3 Å². The summed E-state index contributed by atoms with van der Waals surface area (Å²) in [6.07, 6.45) is 0. The molecule has 0 aliphatic heterocycles. The Balaban J connectivity index is 2.02. The Morgan fingerprint density at radius 3 is 2.52 bits per heavy atom. The zero-order valence-electron chi connectivity index (χ0n) is 11.2. The molecule has 6 heteroatoms. The summed E-state index contributed by atoms with van der Waals surface area (Å²) in [6.45, 7) is 1.60. The van der Waals surface area contributed by atoms with Crippen LogP contribution in [0.4, 0.5) is 20.2 Å². The molecule has 0 radical (unpaired) electrons. The van der Waals surface area contributed by atoms with E-state index < -0.39 is 23.6 Å². The normalized spacial score (nSPS) is 11.8. The molecule has 0 bridgehead atoms. The second-order valence-corrected chi connectivity index (χ2v) is 4.87. The molecule has 110 valence electrons. The van der Waals surface area contributed by atoms with E-state index in [1.165, 1.54) is 36.4 Å². The molecular formula is C15H13ClF2N2O. The third kappa shape index (κ3) is 3.92. The lowest BCUT2D eigenvalue weighted by molar-refractivity contribution is -0.116. The van der Waals surface area contributed by atoms with E-state index in [1.54, 1.807) is 13.0 Å². The maximum atomic E-state index is 13.4. The van der Waals surface area contributed by atoms with Gasteiger partial charge < -0.3 is 10.6 Å². The zero-order valence-corrected chi connectivity index (χ0v) is 11.9. The number of benzene rings is 2. The maximum absolute atomic E-state index is 13.4. The van der Waals surface area contributed by atoms with Crippen LogP contribution in [0.15, 0.2) is 42.5 Å². The second-order valence-electron chi connectivity index (χ2n) is 4.46. The summed E-state index contributed by atoms with van der Waals surface area (Å²) in [5.74, 6) is -1.46. The molecule has 21 heavy (non-hydrogen) atoms. The third-order valence-electron chi connectivity index (χ3n) is 2.83. The van der Waals surface area contributed by atoms with E-state index in [-0.39, 0.29) is 10.7 Å². The average Bonchev–Trinajstić information content (AvgIpc) is 2.45. The van der Waals surface area contributed by atoms with Crippen LogP contribution >= 0.6 is 11.6 Å². The van der Waals surface area contributed by atoms with Gasteiger partial charge in [0.15, 0.2) is 0 Å². The quantitative estimate of drug-likeness (QED) is 0.894. The topological polar surface area (TPSA) is 41.1 Å². The number of halogens is 3. The van der Waals surface area contributed by atoms with Crippen molar-refractivity contribution < 1.29 is 13.6 Å². The molecule has 2 N–H and O–H groups in total. The summed E-state index contributed by atoms with van der Waals surface area (Å²) in [4.78, 5) is 12.0. The molecule has 0 heterocycles. The minimum absolute atomic E-state index is 0.0401. The Labute approximate surface area is 125 Å². The Morgan fingerprint density at radius 2 is 1.86 bits per heavy atom. The number of amides is 1. The molecule has 0 spiro atoms. The van der Waals surface area contributed by atoms with Gasteiger partial charge in [0, 0.05) is 5.69 Å². The van der Waals surface area contributed by atoms with Crippen LogP contribution < -0.4 is 10.6 Å². The fourth-order valence-corrected chi connectivity index (χ4v) is 1.89. The number of hydrogen-bond acceptors (Lipinski definition) is 2. The molecular weight excluding hydrogens is 298 g/mol. The van der Waals surface area contributed by atoms with E-state index in [1.807, 2.05) is 0 Å². The van der Waals surface area contributed by atoms with E-state index in [2.05, 4.69) is 10.6 Å². The van der Waals surface area contributed by atoms with Crippen LogP contribution in [0.1, 0.15) is 6.92 Å². The first-order valence-electron chi connectivity index (χ1n) is 6.24. The highest BCUT2D eigenvalue weighted by Crippen LogP contribution is 2.20. The Morgan fingerprint density at radius 1 is 1.14 bits per heavy atom. The maximum Gasteiger partial charge on any atom is 0.246 e. The summed E-state index contributed by atoms with van der Waals surface area (Å²) in [7, 11) is 0. The van der Waals surface area contributed by atoms with Crippen LogP contribution in [0, 0.1) is 11.6 Å². The molecule has 0 fully saturated rings. The first kappa shape index (κ1) is 15.3. The predicted molar refractivity (Wildman–Crippen MR) is 79.5 cm³/mol. The van der Waals surface area contributed by atoms with Gasteiger partial charge in [0.05, 0.1) is 10.7 Å². The van der Waals surface area contributed by atoms with Crippen molar-refractivity contribution in [2.24, 2.45) is 0 Å². The number of carbonyl (C=O) groups excluding carboxylic acids is 1. The summed E-state index contributed by atoms with van der Waals surface area (Å²) in [6, 6.07) is 9.28. The van der Waals surface area contributed by atoms with E-state index in [4.69, 9.17) is 11.6 Å². The third-order valence-corrected chi connectivity index (χ3v) is 3.12. The number of carbonyl (C=O) groups is 1. The van der Waals surface area contributed by atoms with Crippen molar-refractivity contribution in [2.45, 2.75) is 13.0 Å². The number of nitrogens with one attached hydrogen (secondary N) is 2. The van der Waals surface area contributed by atoms with Crippen LogP contribution in [0.25, 0.3) is 0 Å². The summed E-state index contributed by atoms with van der Waals surface area (Å²) < 4.78 is 26.5. The molecule has 0 aromatic heterocycles. The summed E-state index contributed by atoms with van der Waals surface area (Å²) >= 11 is 5.66. The molecule has 2 aromatic rings. The van der Waals surface area contributed by atoms with Crippen LogP contribution in [0.2, 0.25) is 5.02 Å². The summed E-state index contributed by atoms with van der Waals surface area (Å²) in [5, 5.41) is 5.30. The standard InChI is InChI=1S/C15H13ClF2N2O/c1-9(19-10-6-7-12(17)11(16)8-10)15(21)20-14-5-3-2-4-13(14)18/h2-9,19H,1H3,(H,20,21)/t9-/m1/s1. The Bertz CT molecular complexity index is 664.